The average molecular weight is 837 g/mol. The van der Waals surface area contributed by atoms with Crippen molar-refractivity contribution in [2.75, 3.05) is 0 Å². The van der Waals surface area contributed by atoms with Gasteiger partial charge in [0.2, 0.25) is 0 Å². The molecule has 0 saturated heterocycles. The molecule has 310 valence electrons. The van der Waals surface area contributed by atoms with Gasteiger partial charge in [-0.15, -0.1) is 0 Å². The Morgan fingerprint density at radius 3 is 1.83 bits per heavy atom. The Kier molecular flexibility index (Phi) is 9.25. The van der Waals surface area contributed by atoms with E-state index in [1.807, 2.05) is 48.5 Å². The maximum Gasteiger partial charge on any atom is 0.125 e. The monoisotopic (exact) mass is 836 g/mol. The summed E-state index contributed by atoms with van der Waals surface area (Å²) in [7, 11) is 0. The van der Waals surface area contributed by atoms with Gasteiger partial charge >= 0.3 is 0 Å². The van der Waals surface area contributed by atoms with Gasteiger partial charge in [-0.05, 0) is 95.1 Å². The predicted molar refractivity (Wildman–Crippen MR) is 270 cm³/mol. The second-order valence-corrected chi connectivity index (χ2v) is 16.8. The van der Waals surface area contributed by atoms with Gasteiger partial charge in [0, 0.05) is 55.8 Å². The van der Waals surface area contributed by atoms with Crippen molar-refractivity contribution < 1.29 is 0 Å². The van der Waals surface area contributed by atoms with Gasteiger partial charge in [0.25, 0.3) is 0 Å². The average Bonchev–Trinajstić information content (AvgIpc) is 4.05. The third kappa shape index (κ3) is 6.50. The first kappa shape index (κ1) is 38.2. The Morgan fingerprint density at radius 1 is 0.446 bits per heavy atom. The van der Waals surface area contributed by atoms with E-state index in [1.165, 1.54) is 16.2 Å². The molecule has 0 aliphatic heterocycles. The molecule has 2 atom stereocenters. The van der Waals surface area contributed by atoms with Crippen molar-refractivity contribution in [2.24, 2.45) is 5.73 Å². The van der Waals surface area contributed by atoms with Gasteiger partial charge in [-0.1, -0.05) is 152 Å². The van der Waals surface area contributed by atoms with Crippen molar-refractivity contribution in [1.29, 1.82) is 5.41 Å². The zero-order valence-electron chi connectivity index (χ0n) is 35.5. The van der Waals surface area contributed by atoms with Crippen LogP contribution in [0.3, 0.4) is 0 Å². The van der Waals surface area contributed by atoms with Gasteiger partial charge in [0.15, 0.2) is 0 Å². The van der Waals surface area contributed by atoms with Gasteiger partial charge in [-0.25, -0.2) is 0 Å². The SMILES string of the molecule is N=C(NC(c1cc(-c2ccccc2)cc(-n2c3cc4ccn(-c5ccccc5)c4cc3c3ccc4c(c5ccccc5n4-c4ccccc4)c32)c1)C(N)c1ccccc1)c1ccccc1. The van der Waals surface area contributed by atoms with E-state index in [1.54, 1.807) is 0 Å². The maximum absolute atomic E-state index is 9.40. The Bertz CT molecular complexity index is 3700. The fraction of sp³-hybridized carbons (Fsp3) is 0.0339. The highest BCUT2D eigenvalue weighted by Gasteiger charge is 2.27. The fourth-order valence-electron chi connectivity index (χ4n) is 9.95. The molecule has 2 unspecified atom stereocenters. The molecule has 12 aromatic rings. The summed E-state index contributed by atoms with van der Waals surface area (Å²) in [6.45, 7) is 0. The molecule has 0 aliphatic rings. The number of nitrogens with one attached hydrogen (secondary N) is 2. The molecule has 6 nitrogen and oxygen atoms in total. The minimum atomic E-state index is -0.481. The first-order valence-electron chi connectivity index (χ1n) is 22.1. The molecular weight excluding hydrogens is 793 g/mol. The van der Waals surface area contributed by atoms with E-state index in [4.69, 9.17) is 5.73 Å². The van der Waals surface area contributed by atoms with Crippen LogP contribution < -0.4 is 11.1 Å². The van der Waals surface area contributed by atoms with E-state index in [0.717, 1.165) is 83.2 Å². The van der Waals surface area contributed by atoms with Crippen LogP contribution in [0.15, 0.2) is 231 Å². The van der Waals surface area contributed by atoms with Crippen LogP contribution in [0.25, 0.3) is 82.7 Å². The van der Waals surface area contributed by atoms with Crippen molar-refractivity contribution in [3.63, 3.8) is 0 Å². The number of amidine groups is 1. The van der Waals surface area contributed by atoms with E-state index in [2.05, 4.69) is 201 Å². The normalized spacial score (nSPS) is 12.6. The van der Waals surface area contributed by atoms with E-state index < -0.39 is 12.1 Å². The molecule has 0 amide bonds. The summed E-state index contributed by atoms with van der Waals surface area (Å²) in [5, 5.41) is 18.9. The third-order valence-corrected chi connectivity index (χ3v) is 13.0. The van der Waals surface area contributed by atoms with Crippen LogP contribution in [0.5, 0.6) is 0 Å². The molecule has 0 aliphatic carbocycles. The molecule has 3 heterocycles. The number of hydrogen-bond acceptors (Lipinski definition) is 2. The number of nitrogens with zero attached hydrogens (tertiary/aromatic N) is 3. The molecular formula is C59H44N6. The number of benzene rings is 9. The van der Waals surface area contributed by atoms with Crippen LogP contribution in [-0.4, -0.2) is 19.5 Å². The Morgan fingerprint density at radius 2 is 1.09 bits per heavy atom. The number of fused-ring (bicyclic) bond motifs is 8. The summed E-state index contributed by atoms with van der Waals surface area (Å²) >= 11 is 0. The van der Waals surface area contributed by atoms with E-state index >= 15 is 0 Å². The smallest absolute Gasteiger partial charge is 0.125 e. The summed E-state index contributed by atoms with van der Waals surface area (Å²) in [5.41, 5.74) is 21.2. The highest BCUT2D eigenvalue weighted by molar-refractivity contribution is 6.27. The molecule has 0 bridgehead atoms. The zero-order valence-corrected chi connectivity index (χ0v) is 35.5. The van der Waals surface area contributed by atoms with Gasteiger partial charge in [-0.3, -0.25) is 5.41 Å². The first-order valence-corrected chi connectivity index (χ1v) is 22.1. The van der Waals surface area contributed by atoms with Crippen LogP contribution in [0.1, 0.15) is 28.8 Å². The Balaban J connectivity index is 1.19. The van der Waals surface area contributed by atoms with Crippen LogP contribution in [0.2, 0.25) is 0 Å². The standard InChI is InChI=1S/C59H44N6/c60-56(40-20-8-2-9-21-40)57(62-59(61)41-22-10-3-11-23-41)44-34-43(39-18-6-1-7-19-39)35-47(36-44)65-54-37-42-32-33-63(45-24-12-4-13-25-45)53(42)38-50(54)48-30-31-52-55(58(48)65)49-28-16-17-29-51(49)64(52)46-26-14-5-15-27-46/h1-38,56-57H,60H2,(H2,61,62). The molecule has 9 aromatic carbocycles. The van der Waals surface area contributed by atoms with Crippen LogP contribution >= 0.6 is 0 Å². The molecule has 65 heavy (non-hydrogen) atoms. The third-order valence-electron chi connectivity index (χ3n) is 13.0. The predicted octanol–water partition coefficient (Wildman–Crippen LogP) is 13.8. The lowest BCUT2D eigenvalue weighted by atomic mass is 9.91. The topological polar surface area (TPSA) is 76.7 Å². The summed E-state index contributed by atoms with van der Waals surface area (Å²) in [4.78, 5) is 0. The van der Waals surface area contributed by atoms with Crippen molar-refractivity contribution >= 4 is 60.4 Å². The molecule has 0 spiro atoms. The summed E-state index contributed by atoms with van der Waals surface area (Å²) < 4.78 is 7.16. The minimum absolute atomic E-state index is 0.311. The number of para-hydroxylation sites is 3. The van der Waals surface area contributed by atoms with Gasteiger partial charge in [-0.2, -0.15) is 0 Å². The summed E-state index contributed by atoms with van der Waals surface area (Å²) in [5.74, 6) is 0.311. The zero-order chi connectivity index (χ0) is 43.4. The van der Waals surface area contributed by atoms with Crippen molar-refractivity contribution in [2.45, 2.75) is 12.1 Å². The summed E-state index contributed by atoms with van der Waals surface area (Å²) in [6.07, 6.45) is 2.17. The van der Waals surface area contributed by atoms with Gasteiger partial charge < -0.3 is 24.8 Å². The van der Waals surface area contributed by atoms with E-state index in [-0.39, 0.29) is 0 Å². The summed E-state index contributed by atoms with van der Waals surface area (Å²) in [6, 6.07) is 78.1. The second kappa shape index (κ2) is 15.7. The number of aromatic nitrogens is 3. The maximum atomic E-state index is 9.40. The lowest BCUT2D eigenvalue weighted by Gasteiger charge is -2.28. The fourth-order valence-corrected chi connectivity index (χ4v) is 9.95. The van der Waals surface area contributed by atoms with Crippen molar-refractivity contribution in [1.82, 2.24) is 19.0 Å². The van der Waals surface area contributed by atoms with Crippen LogP contribution in [0, 0.1) is 5.41 Å². The number of nitrogens with two attached hydrogens (primary N) is 1. The van der Waals surface area contributed by atoms with Crippen molar-refractivity contribution in [3.05, 3.63) is 247 Å². The molecule has 0 saturated carbocycles. The first-order chi connectivity index (χ1) is 32.1. The highest BCUT2D eigenvalue weighted by atomic mass is 15.0. The van der Waals surface area contributed by atoms with E-state index in [9.17, 15) is 5.41 Å². The lowest BCUT2D eigenvalue weighted by molar-refractivity contribution is 0.524. The van der Waals surface area contributed by atoms with E-state index in [0.29, 0.717) is 5.84 Å². The molecule has 6 heteroatoms. The largest absolute Gasteiger partial charge is 0.361 e. The minimum Gasteiger partial charge on any atom is -0.361 e. The number of rotatable bonds is 9. The van der Waals surface area contributed by atoms with Gasteiger partial charge in [0.05, 0.1) is 39.7 Å². The molecule has 3 aromatic heterocycles. The molecule has 0 radical (unpaired) electrons. The van der Waals surface area contributed by atoms with Gasteiger partial charge in [0.1, 0.15) is 5.84 Å². The highest BCUT2D eigenvalue weighted by Crippen LogP contribution is 2.44. The van der Waals surface area contributed by atoms with Crippen molar-refractivity contribution in [3.8, 4) is 28.2 Å². The Labute approximate surface area is 376 Å². The van der Waals surface area contributed by atoms with Crippen LogP contribution in [0.4, 0.5) is 0 Å². The Hall–Kier alpha value is -8.45. The van der Waals surface area contributed by atoms with Crippen LogP contribution in [-0.2, 0) is 0 Å². The lowest BCUT2D eigenvalue weighted by Crippen LogP contribution is -2.36. The molecule has 4 N–H and O–H groups in total. The quantitative estimate of drug-likeness (QED) is 0.100. The molecule has 12 rings (SSSR count). The number of hydrogen-bond donors (Lipinski definition) is 3. The second-order valence-electron chi connectivity index (χ2n) is 16.8. The molecule has 0 fully saturated rings.